The van der Waals surface area contributed by atoms with E-state index in [0.717, 1.165) is 23.0 Å². The van der Waals surface area contributed by atoms with Gasteiger partial charge in [0.15, 0.2) is 11.6 Å². The number of amides is 1. The van der Waals surface area contributed by atoms with E-state index in [2.05, 4.69) is 10.3 Å². The SMILES string of the molecule is O=C(NCCOc1ccc2cc[nH]c2c1)c1cccn(Cc2ccc(F)c(F)c2)c1=O. The van der Waals surface area contributed by atoms with Crippen molar-refractivity contribution in [2.24, 2.45) is 0 Å². The molecule has 0 fully saturated rings. The highest BCUT2D eigenvalue weighted by Crippen LogP contribution is 2.19. The molecular formula is C23H19F2N3O3. The van der Waals surface area contributed by atoms with E-state index in [0.29, 0.717) is 11.3 Å². The van der Waals surface area contributed by atoms with Crippen molar-refractivity contribution >= 4 is 16.8 Å². The number of nitrogens with one attached hydrogen (secondary N) is 2. The van der Waals surface area contributed by atoms with E-state index < -0.39 is 23.1 Å². The average molecular weight is 423 g/mol. The Kier molecular flexibility index (Phi) is 5.79. The summed E-state index contributed by atoms with van der Waals surface area (Å²) in [6.45, 7) is 0.453. The highest BCUT2D eigenvalue weighted by molar-refractivity contribution is 5.93. The van der Waals surface area contributed by atoms with Crippen molar-refractivity contribution in [3.63, 3.8) is 0 Å². The Morgan fingerprint density at radius 1 is 1.06 bits per heavy atom. The van der Waals surface area contributed by atoms with Gasteiger partial charge in [0.2, 0.25) is 0 Å². The number of benzene rings is 2. The monoisotopic (exact) mass is 423 g/mol. The van der Waals surface area contributed by atoms with Gasteiger partial charge in [-0.25, -0.2) is 8.78 Å². The molecular weight excluding hydrogens is 404 g/mol. The van der Waals surface area contributed by atoms with Crippen LogP contribution in [-0.2, 0) is 6.54 Å². The summed E-state index contributed by atoms with van der Waals surface area (Å²) >= 11 is 0. The largest absolute Gasteiger partial charge is 0.492 e. The highest BCUT2D eigenvalue weighted by Gasteiger charge is 2.12. The molecule has 158 valence electrons. The second-order valence-corrected chi connectivity index (χ2v) is 6.93. The van der Waals surface area contributed by atoms with Crippen LogP contribution in [0.5, 0.6) is 5.75 Å². The number of hydrogen-bond donors (Lipinski definition) is 2. The fraction of sp³-hybridized carbons (Fsp3) is 0.130. The summed E-state index contributed by atoms with van der Waals surface area (Å²) < 4.78 is 33.4. The standard InChI is InChI=1S/C23H19F2N3O3/c24-19-6-3-15(12-20(19)25)14-28-10-1-2-18(23(28)30)22(29)27-9-11-31-17-5-4-16-7-8-26-21(16)13-17/h1-8,10,12-13,26H,9,11,14H2,(H,27,29). The molecule has 1 amide bonds. The number of halogens is 2. The van der Waals surface area contributed by atoms with Crippen molar-refractivity contribution in [1.82, 2.24) is 14.9 Å². The molecule has 6 nitrogen and oxygen atoms in total. The van der Waals surface area contributed by atoms with Crippen LogP contribution in [0, 0.1) is 11.6 Å². The summed E-state index contributed by atoms with van der Waals surface area (Å²) in [5.41, 5.74) is 0.791. The maximum absolute atomic E-state index is 13.4. The Hall–Kier alpha value is -3.94. The van der Waals surface area contributed by atoms with E-state index >= 15 is 0 Å². The summed E-state index contributed by atoms with van der Waals surface area (Å²) in [4.78, 5) is 28.1. The van der Waals surface area contributed by atoms with Gasteiger partial charge < -0.3 is 19.6 Å². The number of ether oxygens (including phenoxy) is 1. The van der Waals surface area contributed by atoms with Crippen LogP contribution in [0.1, 0.15) is 15.9 Å². The molecule has 0 unspecified atom stereocenters. The Balaban J connectivity index is 1.36. The lowest BCUT2D eigenvalue weighted by molar-refractivity contribution is 0.0945. The minimum Gasteiger partial charge on any atom is -0.492 e. The molecule has 31 heavy (non-hydrogen) atoms. The van der Waals surface area contributed by atoms with Crippen LogP contribution in [0.2, 0.25) is 0 Å². The summed E-state index contributed by atoms with van der Waals surface area (Å²) in [7, 11) is 0. The molecule has 0 saturated heterocycles. The number of H-pyrrole nitrogens is 1. The molecule has 0 aliphatic rings. The van der Waals surface area contributed by atoms with Gasteiger partial charge in [-0.15, -0.1) is 0 Å². The van der Waals surface area contributed by atoms with Gasteiger partial charge in [-0.2, -0.15) is 0 Å². The van der Waals surface area contributed by atoms with Gasteiger partial charge in [-0.05, 0) is 53.4 Å². The number of rotatable bonds is 7. The van der Waals surface area contributed by atoms with E-state index in [-0.39, 0.29) is 25.3 Å². The van der Waals surface area contributed by atoms with E-state index in [4.69, 9.17) is 4.74 Å². The second-order valence-electron chi connectivity index (χ2n) is 6.93. The first-order valence-corrected chi connectivity index (χ1v) is 9.63. The van der Waals surface area contributed by atoms with Crippen LogP contribution < -0.4 is 15.6 Å². The highest BCUT2D eigenvalue weighted by atomic mass is 19.2. The number of nitrogens with zero attached hydrogens (tertiary/aromatic N) is 1. The van der Waals surface area contributed by atoms with Crippen LogP contribution in [0.3, 0.4) is 0 Å². The summed E-state index contributed by atoms with van der Waals surface area (Å²) in [6, 6.07) is 14.0. The summed E-state index contributed by atoms with van der Waals surface area (Å²) in [6.07, 6.45) is 3.33. The van der Waals surface area contributed by atoms with Gasteiger partial charge in [0, 0.05) is 24.0 Å². The molecule has 2 N–H and O–H groups in total. The van der Waals surface area contributed by atoms with Crippen LogP contribution in [0.15, 0.2) is 71.8 Å². The lowest BCUT2D eigenvalue weighted by atomic mass is 10.2. The first-order valence-electron chi connectivity index (χ1n) is 9.63. The molecule has 0 atom stereocenters. The number of aromatic amines is 1. The first kappa shape index (κ1) is 20.3. The minimum absolute atomic E-state index is 0.0154. The molecule has 2 heterocycles. The minimum atomic E-state index is -0.991. The number of aromatic nitrogens is 2. The lowest BCUT2D eigenvalue weighted by Crippen LogP contribution is -2.34. The van der Waals surface area contributed by atoms with Crippen molar-refractivity contribution in [3.8, 4) is 5.75 Å². The predicted molar refractivity (Wildman–Crippen MR) is 112 cm³/mol. The second kappa shape index (κ2) is 8.83. The zero-order valence-electron chi connectivity index (χ0n) is 16.4. The molecule has 4 rings (SSSR count). The van der Waals surface area contributed by atoms with Crippen molar-refractivity contribution < 1.29 is 18.3 Å². The maximum atomic E-state index is 13.4. The van der Waals surface area contributed by atoms with Crippen molar-refractivity contribution in [3.05, 3.63) is 100 Å². The zero-order chi connectivity index (χ0) is 21.8. The zero-order valence-corrected chi connectivity index (χ0v) is 16.4. The molecule has 0 radical (unpaired) electrons. The van der Waals surface area contributed by atoms with Gasteiger partial charge in [-0.3, -0.25) is 9.59 Å². The molecule has 0 saturated carbocycles. The summed E-state index contributed by atoms with van der Waals surface area (Å²) in [5, 5.41) is 3.73. The quantitative estimate of drug-likeness (QED) is 0.447. The molecule has 8 heteroatoms. The molecule has 0 spiro atoms. The van der Waals surface area contributed by atoms with Crippen molar-refractivity contribution in [2.45, 2.75) is 6.54 Å². The Labute approximate surface area is 176 Å². The number of carbonyl (C=O) groups excluding carboxylic acids is 1. The number of carbonyl (C=O) groups is 1. The predicted octanol–water partition coefficient (Wildman–Crippen LogP) is 3.46. The molecule has 0 bridgehead atoms. The number of hydrogen-bond acceptors (Lipinski definition) is 3. The number of pyridine rings is 1. The van der Waals surface area contributed by atoms with Gasteiger partial charge in [0.25, 0.3) is 11.5 Å². The van der Waals surface area contributed by atoms with E-state index in [9.17, 15) is 18.4 Å². The third kappa shape index (κ3) is 4.63. The topological polar surface area (TPSA) is 76.1 Å². The fourth-order valence-corrected chi connectivity index (χ4v) is 3.21. The Morgan fingerprint density at radius 3 is 2.77 bits per heavy atom. The normalized spacial score (nSPS) is 10.9. The van der Waals surface area contributed by atoms with E-state index in [1.165, 1.54) is 22.9 Å². The third-order valence-corrected chi connectivity index (χ3v) is 4.78. The van der Waals surface area contributed by atoms with Gasteiger partial charge in [0.05, 0.1) is 13.1 Å². The van der Waals surface area contributed by atoms with E-state index in [1.54, 1.807) is 6.07 Å². The van der Waals surface area contributed by atoms with Crippen LogP contribution >= 0.6 is 0 Å². The third-order valence-electron chi connectivity index (χ3n) is 4.78. The van der Waals surface area contributed by atoms with Crippen LogP contribution in [-0.4, -0.2) is 28.6 Å². The van der Waals surface area contributed by atoms with Crippen LogP contribution in [0.4, 0.5) is 8.78 Å². The van der Waals surface area contributed by atoms with Crippen molar-refractivity contribution in [2.75, 3.05) is 13.2 Å². The average Bonchev–Trinajstić information content (AvgIpc) is 3.23. The van der Waals surface area contributed by atoms with Crippen LogP contribution in [0.25, 0.3) is 10.9 Å². The van der Waals surface area contributed by atoms with Gasteiger partial charge >= 0.3 is 0 Å². The molecule has 0 aliphatic heterocycles. The lowest BCUT2D eigenvalue weighted by Gasteiger charge is -2.10. The molecule has 2 aromatic carbocycles. The van der Waals surface area contributed by atoms with Gasteiger partial charge in [-0.1, -0.05) is 6.07 Å². The maximum Gasteiger partial charge on any atom is 0.263 e. The fourth-order valence-electron chi connectivity index (χ4n) is 3.21. The van der Waals surface area contributed by atoms with Crippen molar-refractivity contribution in [1.29, 1.82) is 0 Å². The summed E-state index contributed by atoms with van der Waals surface area (Å²) in [5.74, 6) is -1.82. The Morgan fingerprint density at radius 2 is 1.94 bits per heavy atom. The number of fused-ring (bicyclic) bond motifs is 1. The first-order chi connectivity index (χ1) is 15.0. The Bertz CT molecular complexity index is 1300. The molecule has 4 aromatic rings. The van der Waals surface area contributed by atoms with Gasteiger partial charge in [0.1, 0.15) is 17.9 Å². The smallest absolute Gasteiger partial charge is 0.263 e. The molecule has 0 aliphatic carbocycles. The van der Waals surface area contributed by atoms with E-state index in [1.807, 2.05) is 30.5 Å². The molecule has 2 aromatic heterocycles.